The molecule has 2 saturated carbocycles. The van der Waals surface area contributed by atoms with Gasteiger partial charge in [0, 0.05) is 0 Å². The van der Waals surface area contributed by atoms with Crippen molar-refractivity contribution in [1.29, 1.82) is 0 Å². The lowest BCUT2D eigenvalue weighted by Gasteiger charge is -2.41. The summed E-state index contributed by atoms with van der Waals surface area (Å²) in [4.78, 5) is 0. The van der Waals surface area contributed by atoms with Crippen LogP contribution in [-0.2, 0) is 0 Å². The van der Waals surface area contributed by atoms with Crippen molar-refractivity contribution in [2.24, 2.45) is 17.8 Å². The molecule has 0 aliphatic heterocycles. The van der Waals surface area contributed by atoms with E-state index in [1.54, 1.807) is 0 Å². The summed E-state index contributed by atoms with van der Waals surface area (Å²) in [5, 5.41) is 10.8. The SMILES string of the molecule is CCCCCC1CCC([C@H]2CC[C@](O)(CCCCC)CC2)CC1. The van der Waals surface area contributed by atoms with Crippen LogP contribution in [0.4, 0.5) is 0 Å². The molecular formula is C22H42O. The summed E-state index contributed by atoms with van der Waals surface area (Å²) in [5.74, 6) is 2.95. The van der Waals surface area contributed by atoms with Crippen LogP contribution in [0.5, 0.6) is 0 Å². The van der Waals surface area contributed by atoms with E-state index in [1.165, 1.54) is 83.5 Å². The van der Waals surface area contributed by atoms with Crippen LogP contribution in [0, 0.1) is 17.8 Å². The number of rotatable bonds is 9. The zero-order chi connectivity index (χ0) is 16.5. The second-order valence-corrected chi connectivity index (χ2v) is 8.80. The van der Waals surface area contributed by atoms with Crippen LogP contribution >= 0.6 is 0 Å². The lowest BCUT2D eigenvalue weighted by molar-refractivity contribution is -0.0293. The predicted octanol–water partition coefficient (Wildman–Crippen LogP) is 6.87. The van der Waals surface area contributed by atoms with Gasteiger partial charge in [-0.1, -0.05) is 71.6 Å². The molecule has 0 unspecified atom stereocenters. The Labute approximate surface area is 145 Å². The highest BCUT2D eigenvalue weighted by Gasteiger charge is 2.36. The third kappa shape index (κ3) is 6.40. The van der Waals surface area contributed by atoms with Gasteiger partial charge in [-0.3, -0.25) is 0 Å². The van der Waals surface area contributed by atoms with E-state index in [0.29, 0.717) is 0 Å². The van der Waals surface area contributed by atoms with Crippen molar-refractivity contribution in [3.8, 4) is 0 Å². The average Bonchev–Trinajstić information content (AvgIpc) is 2.57. The van der Waals surface area contributed by atoms with Crippen LogP contribution < -0.4 is 0 Å². The van der Waals surface area contributed by atoms with Gasteiger partial charge in [0.2, 0.25) is 0 Å². The van der Waals surface area contributed by atoms with Gasteiger partial charge in [-0.25, -0.2) is 0 Å². The van der Waals surface area contributed by atoms with E-state index >= 15 is 0 Å². The summed E-state index contributed by atoms with van der Waals surface area (Å²) in [5.41, 5.74) is -0.303. The Balaban J connectivity index is 1.64. The molecular weight excluding hydrogens is 280 g/mol. The van der Waals surface area contributed by atoms with E-state index < -0.39 is 0 Å². The minimum Gasteiger partial charge on any atom is -0.390 e. The monoisotopic (exact) mass is 322 g/mol. The van der Waals surface area contributed by atoms with Gasteiger partial charge in [0.05, 0.1) is 5.60 Å². The van der Waals surface area contributed by atoms with Crippen LogP contribution in [0.2, 0.25) is 0 Å². The lowest BCUT2D eigenvalue weighted by atomic mass is 9.67. The van der Waals surface area contributed by atoms with Gasteiger partial charge < -0.3 is 5.11 Å². The molecule has 1 heteroatoms. The standard InChI is InChI=1S/C22H42O/c1-3-5-7-9-19-10-12-20(13-11-19)21-14-17-22(23,18-15-21)16-8-6-4-2/h19-21,23H,3-18H2,1-2H3/t19?,20?,21-,22+. The maximum atomic E-state index is 10.8. The van der Waals surface area contributed by atoms with Crippen molar-refractivity contribution in [2.45, 2.75) is 122 Å². The fraction of sp³-hybridized carbons (Fsp3) is 1.00. The largest absolute Gasteiger partial charge is 0.390 e. The molecule has 0 radical (unpaired) electrons. The predicted molar refractivity (Wildman–Crippen MR) is 101 cm³/mol. The maximum absolute atomic E-state index is 10.8. The van der Waals surface area contributed by atoms with Crippen LogP contribution in [0.1, 0.15) is 117 Å². The fourth-order valence-electron chi connectivity index (χ4n) is 5.23. The second-order valence-electron chi connectivity index (χ2n) is 8.80. The second kappa shape index (κ2) is 10.1. The minimum absolute atomic E-state index is 0.303. The molecule has 2 aliphatic carbocycles. The highest BCUT2D eigenvalue weighted by atomic mass is 16.3. The average molecular weight is 323 g/mol. The summed E-state index contributed by atoms with van der Waals surface area (Å²) in [6.45, 7) is 4.56. The summed E-state index contributed by atoms with van der Waals surface area (Å²) in [7, 11) is 0. The molecule has 2 aliphatic rings. The summed E-state index contributed by atoms with van der Waals surface area (Å²) in [6, 6.07) is 0. The summed E-state index contributed by atoms with van der Waals surface area (Å²) in [6.07, 6.45) is 21.3. The lowest BCUT2D eigenvalue weighted by Crippen LogP contribution is -2.36. The van der Waals surface area contributed by atoms with E-state index in [1.807, 2.05) is 0 Å². The summed E-state index contributed by atoms with van der Waals surface area (Å²) < 4.78 is 0. The molecule has 2 fully saturated rings. The van der Waals surface area contributed by atoms with Crippen molar-refractivity contribution in [3.63, 3.8) is 0 Å². The minimum atomic E-state index is -0.303. The Morgan fingerprint density at radius 1 is 0.739 bits per heavy atom. The quantitative estimate of drug-likeness (QED) is 0.459. The van der Waals surface area contributed by atoms with Gasteiger partial charge in [0.15, 0.2) is 0 Å². The van der Waals surface area contributed by atoms with Crippen molar-refractivity contribution < 1.29 is 5.11 Å². The summed E-state index contributed by atoms with van der Waals surface area (Å²) >= 11 is 0. The Kier molecular flexibility index (Phi) is 8.44. The fourth-order valence-corrected chi connectivity index (χ4v) is 5.23. The van der Waals surface area contributed by atoms with Gasteiger partial charge in [0.1, 0.15) is 0 Å². The number of aliphatic hydroxyl groups is 1. The maximum Gasteiger partial charge on any atom is 0.0648 e. The molecule has 0 aromatic heterocycles. The Morgan fingerprint density at radius 2 is 1.30 bits per heavy atom. The van der Waals surface area contributed by atoms with Gasteiger partial charge in [-0.15, -0.1) is 0 Å². The highest BCUT2D eigenvalue weighted by Crippen LogP contribution is 2.44. The van der Waals surface area contributed by atoms with Crippen LogP contribution in [-0.4, -0.2) is 10.7 Å². The molecule has 0 aromatic carbocycles. The molecule has 136 valence electrons. The first kappa shape index (κ1) is 19.3. The molecule has 0 heterocycles. The Bertz CT molecular complexity index is 295. The highest BCUT2D eigenvalue weighted by molar-refractivity contribution is 4.89. The van der Waals surface area contributed by atoms with Gasteiger partial charge in [-0.05, 0) is 62.7 Å². The first-order valence-corrected chi connectivity index (χ1v) is 10.9. The molecule has 1 nitrogen and oxygen atoms in total. The van der Waals surface area contributed by atoms with E-state index in [4.69, 9.17) is 0 Å². The Morgan fingerprint density at radius 3 is 1.91 bits per heavy atom. The smallest absolute Gasteiger partial charge is 0.0648 e. The van der Waals surface area contributed by atoms with Gasteiger partial charge in [0.25, 0.3) is 0 Å². The molecule has 2 rings (SSSR count). The van der Waals surface area contributed by atoms with Crippen molar-refractivity contribution >= 4 is 0 Å². The molecule has 23 heavy (non-hydrogen) atoms. The molecule has 0 spiro atoms. The van der Waals surface area contributed by atoms with Crippen molar-refractivity contribution in [2.75, 3.05) is 0 Å². The molecule has 0 saturated heterocycles. The zero-order valence-corrected chi connectivity index (χ0v) is 16.0. The third-order valence-corrected chi connectivity index (χ3v) is 6.98. The molecule has 0 atom stereocenters. The van der Waals surface area contributed by atoms with E-state index in [2.05, 4.69) is 13.8 Å². The Hall–Kier alpha value is -0.0400. The molecule has 0 bridgehead atoms. The normalized spacial score (nSPS) is 35.3. The molecule has 0 amide bonds. The van der Waals surface area contributed by atoms with Crippen LogP contribution in [0.25, 0.3) is 0 Å². The van der Waals surface area contributed by atoms with Gasteiger partial charge >= 0.3 is 0 Å². The topological polar surface area (TPSA) is 20.2 Å². The molecule has 1 N–H and O–H groups in total. The first-order valence-electron chi connectivity index (χ1n) is 10.9. The number of hydrogen-bond acceptors (Lipinski definition) is 1. The number of unbranched alkanes of at least 4 members (excludes halogenated alkanes) is 4. The van der Waals surface area contributed by atoms with Gasteiger partial charge in [-0.2, -0.15) is 0 Å². The number of hydrogen-bond donors (Lipinski definition) is 1. The molecule has 0 aromatic rings. The van der Waals surface area contributed by atoms with E-state index in [9.17, 15) is 5.11 Å². The third-order valence-electron chi connectivity index (χ3n) is 6.98. The van der Waals surface area contributed by atoms with Crippen LogP contribution in [0.3, 0.4) is 0 Å². The van der Waals surface area contributed by atoms with E-state index in [0.717, 1.165) is 37.0 Å². The van der Waals surface area contributed by atoms with Crippen molar-refractivity contribution in [3.05, 3.63) is 0 Å². The van der Waals surface area contributed by atoms with Crippen LogP contribution in [0.15, 0.2) is 0 Å². The first-order chi connectivity index (χ1) is 11.2. The zero-order valence-electron chi connectivity index (χ0n) is 16.0. The van der Waals surface area contributed by atoms with Crippen molar-refractivity contribution in [1.82, 2.24) is 0 Å². The van der Waals surface area contributed by atoms with E-state index in [-0.39, 0.29) is 5.60 Å².